The Morgan fingerprint density at radius 2 is 2.03 bits per heavy atom. The van der Waals surface area contributed by atoms with Gasteiger partial charge in [0.1, 0.15) is 12.3 Å². The van der Waals surface area contributed by atoms with E-state index in [2.05, 4.69) is 11.2 Å². The van der Waals surface area contributed by atoms with Gasteiger partial charge in [-0.3, -0.25) is 4.79 Å². The lowest BCUT2D eigenvalue weighted by molar-refractivity contribution is -0.152. The van der Waals surface area contributed by atoms with Crippen LogP contribution in [-0.4, -0.2) is 16.1 Å². The molecule has 29 heavy (non-hydrogen) atoms. The molecule has 4 aromatic rings. The molecule has 148 valence electrons. The lowest BCUT2D eigenvalue weighted by Crippen LogP contribution is -2.27. The molecule has 1 aliphatic carbocycles. The van der Waals surface area contributed by atoms with Crippen LogP contribution in [0.3, 0.4) is 0 Å². The maximum Gasteiger partial charge on any atom is 0.310 e. The summed E-state index contributed by atoms with van der Waals surface area (Å²) in [5.74, 6) is 0.881. The number of carbonyl (C=O) groups excluding carboxylic acids is 1. The molecule has 0 amide bonds. The number of benzene rings is 1. The van der Waals surface area contributed by atoms with Gasteiger partial charge in [-0.25, -0.2) is 4.98 Å². The highest BCUT2D eigenvalue weighted by Gasteiger charge is 2.35. The lowest BCUT2D eigenvalue weighted by atomic mass is 9.79. The first-order valence-electron chi connectivity index (χ1n) is 9.79. The van der Waals surface area contributed by atoms with E-state index in [4.69, 9.17) is 18.7 Å². The second kappa shape index (κ2) is 7.83. The van der Waals surface area contributed by atoms with Crippen molar-refractivity contribution in [3.8, 4) is 11.5 Å². The lowest BCUT2D eigenvalue weighted by Gasteiger charge is -2.28. The molecule has 2 atom stereocenters. The second-order valence-corrected chi connectivity index (χ2v) is 8.35. The Morgan fingerprint density at radius 1 is 1.14 bits per heavy atom. The number of rotatable bonds is 5. The van der Waals surface area contributed by atoms with Crippen molar-refractivity contribution in [3.63, 3.8) is 0 Å². The summed E-state index contributed by atoms with van der Waals surface area (Å²) in [5, 5.41) is 5.01. The molecule has 3 aromatic heterocycles. The van der Waals surface area contributed by atoms with E-state index in [-0.39, 0.29) is 24.4 Å². The summed E-state index contributed by atoms with van der Waals surface area (Å²) < 4.78 is 17.3. The van der Waals surface area contributed by atoms with E-state index in [0.29, 0.717) is 17.2 Å². The van der Waals surface area contributed by atoms with Crippen LogP contribution in [0.15, 0.2) is 57.7 Å². The van der Waals surface area contributed by atoms with Crippen LogP contribution in [0.5, 0.6) is 0 Å². The van der Waals surface area contributed by atoms with Gasteiger partial charge in [0.15, 0.2) is 5.76 Å². The number of hydrogen-bond acceptors (Lipinski definition) is 7. The van der Waals surface area contributed by atoms with Crippen LogP contribution >= 0.6 is 11.3 Å². The Hall–Kier alpha value is -2.93. The highest BCUT2D eigenvalue weighted by molar-refractivity contribution is 7.18. The van der Waals surface area contributed by atoms with Crippen LogP contribution in [0.25, 0.3) is 21.7 Å². The largest absolute Gasteiger partial charge is 0.461 e. The number of carbonyl (C=O) groups is 1. The third-order valence-corrected chi connectivity index (χ3v) is 6.55. The van der Waals surface area contributed by atoms with E-state index in [1.54, 1.807) is 35.8 Å². The zero-order valence-electron chi connectivity index (χ0n) is 15.7. The molecule has 0 N–H and O–H groups in total. The number of para-hydroxylation sites is 1. The van der Waals surface area contributed by atoms with E-state index in [1.165, 1.54) is 0 Å². The number of hydrogen-bond donors (Lipinski definition) is 0. The molecule has 0 aliphatic heterocycles. The summed E-state index contributed by atoms with van der Waals surface area (Å²) in [5.41, 5.74) is 1.57. The van der Waals surface area contributed by atoms with E-state index in [0.717, 1.165) is 40.9 Å². The maximum atomic E-state index is 12.9. The molecule has 1 saturated carbocycles. The maximum absolute atomic E-state index is 12.9. The molecule has 3 heterocycles. The van der Waals surface area contributed by atoms with E-state index < -0.39 is 0 Å². The number of thiazole rings is 1. The molecule has 1 fully saturated rings. The van der Waals surface area contributed by atoms with Gasteiger partial charge in [0.25, 0.3) is 0 Å². The van der Waals surface area contributed by atoms with Gasteiger partial charge in [-0.15, -0.1) is 11.3 Å². The van der Waals surface area contributed by atoms with Gasteiger partial charge < -0.3 is 13.7 Å². The zero-order chi connectivity index (χ0) is 19.6. The van der Waals surface area contributed by atoms with Crippen LogP contribution in [0, 0.1) is 5.92 Å². The summed E-state index contributed by atoms with van der Waals surface area (Å²) in [6.45, 7) is 0.0894. The van der Waals surface area contributed by atoms with Crippen LogP contribution < -0.4 is 0 Å². The number of nitrogens with zero attached hydrogens (tertiary/aromatic N) is 2. The van der Waals surface area contributed by atoms with Gasteiger partial charge in [0.05, 0.1) is 27.4 Å². The summed E-state index contributed by atoms with van der Waals surface area (Å²) in [4.78, 5) is 17.7. The fourth-order valence-electron chi connectivity index (χ4n) is 3.92. The Labute approximate surface area is 171 Å². The molecule has 5 rings (SSSR count). The first kappa shape index (κ1) is 18.1. The first-order chi connectivity index (χ1) is 14.3. The molecular formula is C22H20N2O4S. The van der Waals surface area contributed by atoms with Gasteiger partial charge >= 0.3 is 5.97 Å². The molecule has 7 heteroatoms. The van der Waals surface area contributed by atoms with Crippen LogP contribution in [0.1, 0.15) is 42.3 Å². The molecule has 0 radical (unpaired) electrons. The van der Waals surface area contributed by atoms with Crippen molar-refractivity contribution in [2.75, 3.05) is 0 Å². The smallest absolute Gasteiger partial charge is 0.310 e. The minimum Gasteiger partial charge on any atom is -0.461 e. The summed E-state index contributed by atoms with van der Waals surface area (Å²) in [7, 11) is 0. The summed E-state index contributed by atoms with van der Waals surface area (Å²) in [6, 6.07) is 13.4. The minimum absolute atomic E-state index is 0.0894. The topological polar surface area (TPSA) is 78.4 Å². The van der Waals surface area contributed by atoms with E-state index >= 15 is 0 Å². The van der Waals surface area contributed by atoms with Gasteiger partial charge in [-0.1, -0.05) is 30.1 Å². The molecule has 6 nitrogen and oxygen atoms in total. The average Bonchev–Trinajstić information content (AvgIpc) is 3.52. The Morgan fingerprint density at radius 3 is 2.90 bits per heavy atom. The molecule has 1 aromatic carbocycles. The Kier molecular flexibility index (Phi) is 4.89. The third-order valence-electron chi connectivity index (χ3n) is 5.38. The van der Waals surface area contributed by atoms with Crippen LogP contribution in [0.2, 0.25) is 0 Å². The van der Waals surface area contributed by atoms with Crippen LogP contribution in [-0.2, 0) is 16.1 Å². The zero-order valence-corrected chi connectivity index (χ0v) is 16.6. The molecule has 0 saturated heterocycles. The third kappa shape index (κ3) is 3.70. The number of fused-ring (bicyclic) bond motifs is 1. The molecule has 0 spiro atoms. The minimum atomic E-state index is -0.184. The number of aromatic nitrogens is 2. The Balaban J connectivity index is 1.28. The summed E-state index contributed by atoms with van der Waals surface area (Å²) in [6.07, 6.45) is 5.51. The summed E-state index contributed by atoms with van der Waals surface area (Å²) >= 11 is 1.68. The highest BCUT2D eigenvalue weighted by atomic mass is 32.1. The average molecular weight is 408 g/mol. The van der Waals surface area contributed by atoms with Crippen molar-refractivity contribution < 1.29 is 18.5 Å². The second-order valence-electron chi connectivity index (χ2n) is 7.28. The standard InChI is InChI=1S/C22H20N2O4S/c25-22(27-13-14-12-19(28-24-14)18-9-5-11-26-18)16-7-2-1-6-15(16)21-23-17-8-3-4-10-20(17)29-21/h3-5,8-12,15-16H,1-2,6-7,13H2. The Bertz CT molecular complexity index is 1080. The monoisotopic (exact) mass is 408 g/mol. The van der Waals surface area contributed by atoms with E-state index in [1.807, 2.05) is 18.2 Å². The fourth-order valence-corrected chi connectivity index (χ4v) is 5.09. The predicted octanol–water partition coefficient (Wildman–Crippen LogP) is 5.56. The van der Waals surface area contributed by atoms with Crippen molar-refractivity contribution >= 4 is 27.5 Å². The molecule has 0 bridgehead atoms. The van der Waals surface area contributed by atoms with Crippen LogP contribution in [0.4, 0.5) is 0 Å². The fraction of sp³-hybridized carbons (Fsp3) is 0.318. The number of furan rings is 1. The van der Waals surface area contributed by atoms with Gasteiger partial charge in [0, 0.05) is 12.0 Å². The van der Waals surface area contributed by atoms with Gasteiger partial charge in [-0.2, -0.15) is 0 Å². The van der Waals surface area contributed by atoms with E-state index in [9.17, 15) is 4.79 Å². The number of ether oxygens (including phenoxy) is 1. The normalized spacial score (nSPS) is 19.4. The SMILES string of the molecule is O=C(OCc1cc(-c2ccco2)on1)C1CCCCC1c1nc2ccccc2s1. The highest BCUT2D eigenvalue weighted by Crippen LogP contribution is 2.41. The van der Waals surface area contributed by atoms with Crippen molar-refractivity contribution in [2.45, 2.75) is 38.2 Å². The molecule has 1 aliphatic rings. The van der Waals surface area contributed by atoms with Crippen molar-refractivity contribution in [2.24, 2.45) is 5.92 Å². The quantitative estimate of drug-likeness (QED) is 0.402. The van der Waals surface area contributed by atoms with Gasteiger partial charge in [-0.05, 0) is 37.1 Å². The molecular weight excluding hydrogens is 388 g/mol. The van der Waals surface area contributed by atoms with Gasteiger partial charge in [0.2, 0.25) is 5.76 Å². The van der Waals surface area contributed by atoms with Crippen molar-refractivity contribution in [1.82, 2.24) is 10.1 Å². The predicted molar refractivity (Wildman–Crippen MR) is 108 cm³/mol. The van der Waals surface area contributed by atoms with Crippen molar-refractivity contribution in [3.05, 3.63) is 59.4 Å². The molecule has 2 unspecified atom stereocenters. The van der Waals surface area contributed by atoms with Crippen molar-refractivity contribution in [1.29, 1.82) is 0 Å². The number of esters is 1. The first-order valence-corrected chi connectivity index (χ1v) is 10.6.